The molecule has 23 heavy (non-hydrogen) atoms. The molecular formula is C19H26N2O2. The Bertz CT molecular complexity index is 747. The largest absolute Gasteiger partial charge is 0.356 e. The minimum absolute atomic E-state index is 0.0148. The SMILES string of the molecule is CCCCCNC(=O)CCc1cc2cc(C)cc(C)c2[nH]c1=O. The molecule has 0 unspecified atom stereocenters. The molecule has 4 nitrogen and oxygen atoms in total. The van der Waals surface area contributed by atoms with Crippen LogP contribution in [-0.4, -0.2) is 17.4 Å². The Balaban J connectivity index is 2.04. The minimum Gasteiger partial charge on any atom is -0.356 e. The van der Waals surface area contributed by atoms with Gasteiger partial charge >= 0.3 is 0 Å². The van der Waals surface area contributed by atoms with Crippen LogP contribution in [0.5, 0.6) is 0 Å². The van der Waals surface area contributed by atoms with Gasteiger partial charge in [0.15, 0.2) is 0 Å². The van der Waals surface area contributed by atoms with Crippen LogP contribution in [0.25, 0.3) is 10.9 Å². The van der Waals surface area contributed by atoms with Crippen molar-refractivity contribution in [2.75, 3.05) is 6.54 Å². The summed E-state index contributed by atoms with van der Waals surface area (Å²) in [6.07, 6.45) is 4.10. The fraction of sp³-hybridized carbons (Fsp3) is 0.474. The Kier molecular flexibility index (Phi) is 5.97. The number of carbonyl (C=O) groups excluding carboxylic acids is 1. The van der Waals surface area contributed by atoms with E-state index in [1.54, 1.807) is 0 Å². The molecule has 124 valence electrons. The van der Waals surface area contributed by atoms with Gasteiger partial charge in [-0.15, -0.1) is 0 Å². The number of amides is 1. The van der Waals surface area contributed by atoms with Gasteiger partial charge in [-0.2, -0.15) is 0 Å². The van der Waals surface area contributed by atoms with E-state index in [4.69, 9.17) is 0 Å². The summed E-state index contributed by atoms with van der Waals surface area (Å²) in [6, 6.07) is 6.03. The topological polar surface area (TPSA) is 62.0 Å². The predicted octanol–water partition coefficient (Wildman–Crippen LogP) is 3.38. The van der Waals surface area contributed by atoms with Crippen molar-refractivity contribution in [1.29, 1.82) is 0 Å². The van der Waals surface area contributed by atoms with Crippen LogP contribution in [-0.2, 0) is 11.2 Å². The summed E-state index contributed by atoms with van der Waals surface area (Å²) < 4.78 is 0. The van der Waals surface area contributed by atoms with Gasteiger partial charge in [-0.3, -0.25) is 9.59 Å². The van der Waals surface area contributed by atoms with Gasteiger partial charge in [-0.1, -0.05) is 31.4 Å². The first-order valence-corrected chi connectivity index (χ1v) is 8.41. The molecule has 1 amide bonds. The number of unbranched alkanes of at least 4 members (excludes halogenated alkanes) is 2. The van der Waals surface area contributed by atoms with Crippen molar-refractivity contribution in [3.63, 3.8) is 0 Å². The quantitative estimate of drug-likeness (QED) is 0.770. The molecule has 0 aliphatic carbocycles. The van der Waals surface area contributed by atoms with E-state index in [0.29, 0.717) is 18.4 Å². The Hall–Kier alpha value is -2.10. The number of pyridine rings is 1. The molecular weight excluding hydrogens is 288 g/mol. The summed E-state index contributed by atoms with van der Waals surface area (Å²) in [5.41, 5.74) is 3.70. The molecule has 0 aliphatic rings. The molecule has 0 fully saturated rings. The van der Waals surface area contributed by atoms with Crippen LogP contribution in [0.2, 0.25) is 0 Å². The van der Waals surface area contributed by atoms with Crippen LogP contribution in [0.4, 0.5) is 0 Å². The number of nitrogens with one attached hydrogen (secondary N) is 2. The Morgan fingerprint density at radius 3 is 2.70 bits per heavy atom. The van der Waals surface area contributed by atoms with E-state index in [1.165, 1.54) is 5.56 Å². The van der Waals surface area contributed by atoms with E-state index in [0.717, 1.165) is 42.3 Å². The van der Waals surface area contributed by atoms with Crippen molar-refractivity contribution in [3.05, 3.63) is 45.2 Å². The van der Waals surface area contributed by atoms with Crippen LogP contribution in [0.15, 0.2) is 23.0 Å². The van der Waals surface area contributed by atoms with Gasteiger partial charge in [0, 0.05) is 18.5 Å². The molecule has 2 aromatic rings. The summed E-state index contributed by atoms with van der Waals surface area (Å²) in [5.74, 6) is 0.0148. The van der Waals surface area contributed by atoms with Crippen molar-refractivity contribution in [1.82, 2.24) is 10.3 Å². The lowest BCUT2D eigenvalue weighted by atomic mass is 10.0. The fourth-order valence-corrected chi connectivity index (χ4v) is 2.86. The molecule has 1 heterocycles. The van der Waals surface area contributed by atoms with Crippen LogP contribution in [0.1, 0.15) is 49.3 Å². The van der Waals surface area contributed by atoms with Crippen molar-refractivity contribution in [2.45, 2.75) is 52.9 Å². The second-order valence-electron chi connectivity index (χ2n) is 6.23. The Morgan fingerprint density at radius 2 is 1.96 bits per heavy atom. The number of hydrogen-bond donors (Lipinski definition) is 2. The molecule has 0 atom stereocenters. The third kappa shape index (κ3) is 4.68. The molecule has 0 saturated carbocycles. The van der Waals surface area contributed by atoms with Gasteiger partial charge in [0.05, 0.1) is 5.52 Å². The van der Waals surface area contributed by atoms with Gasteiger partial charge < -0.3 is 10.3 Å². The van der Waals surface area contributed by atoms with Gasteiger partial charge in [-0.25, -0.2) is 0 Å². The van der Waals surface area contributed by atoms with E-state index in [2.05, 4.69) is 29.4 Å². The number of hydrogen-bond acceptors (Lipinski definition) is 2. The van der Waals surface area contributed by atoms with Crippen LogP contribution in [0, 0.1) is 13.8 Å². The number of carbonyl (C=O) groups is 1. The monoisotopic (exact) mass is 314 g/mol. The molecule has 0 radical (unpaired) electrons. The maximum atomic E-state index is 12.2. The zero-order chi connectivity index (χ0) is 16.8. The van der Waals surface area contributed by atoms with Gasteiger partial charge in [-0.05, 0) is 49.8 Å². The summed E-state index contributed by atoms with van der Waals surface area (Å²) in [4.78, 5) is 27.0. The average Bonchev–Trinajstić information content (AvgIpc) is 2.50. The molecule has 0 aliphatic heterocycles. The van der Waals surface area contributed by atoms with Gasteiger partial charge in [0.25, 0.3) is 5.56 Å². The highest BCUT2D eigenvalue weighted by Gasteiger charge is 2.08. The second-order valence-corrected chi connectivity index (χ2v) is 6.23. The van der Waals surface area contributed by atoms with Crippen LogP contribution in [0.3, 0.4) is 0 Å². The predicted molar refractivity (Wildman–Crippen MR) is 94.9 cm³/mol. The van der Waals surface area contributed by atoms with E-state index in [9.17, 15) is 9.59 Å². The molecule has 4 heteroatoms. The van der Waals surface area contributed by atoms with Crippen molar-refractivity contribution in [2.24, 2.45) is 0 Å². The first-order valence-electron chi connectivity index (χ1n) is 8.41. The number of aromatic nitrogens is 1. The Labute approximate surface area is 137 Å². The highest BCUT2D eigenvalue weighted by Crippen LogP contribution is 2.18. The first kappa shape index (κ1) is 17.3. The van der Waals surface area contributed by atoms with Crippen LogP contribution >= 0.6 is 0 Å². The normalized spacial score (nSPS) is 10.9. The third-order valence-corrected chi connectivity index (χ3v) is 4.09. The lowest BCUT2D eigenvalue weighted by Crippen LogP contribution is -2.25. The van der Waals surface area contributed by atoms with Crippen molar-refractivity contribution < 1.29 is 4.79 Å². The van der Waals surface area contributed by atoms with E-state index in [-0.39, 0.29) is 11.5 Å². The maximum absolute atomic E-state index is 12.2. The number of benzene rings is 1. The minimum atomic E-state index is -0.0942. The molecule has 0 spiro atoms. The number of H-pyrrole nitrogens is 1. The highest BCUT2D eigenvalue weighted by atomic mass is 16.1. The summed E-state index contributed by atoms with van der Waals surface area (Å²) in [5, 5.41) is 3.94. The maximum Gasteiger partial charge on any atom is 0.251 e. The van der Waals surface area contributed by atoms with Crippen molar-refractivity contribution in [3.8, 4) is 0 Å². The second kappa shape index (κ2) is 7.95. The van der Waals surface area contributed by atoms with Gasteiger partial charge in [0.1, 0.15) is 0 Å². The molecule has 1 aromatic carbocycles. The van der Waals surface area contributed by atoms with Crippen molar-refractivity contribution >= 4 is 16.8 Å². The molecule has 1 aromatic heterocycles. The Morgan fingerprint density at radius 1 is 1.17 bits per heavy atom. The zero-order valence-electron chi connectivity index (χ0n) is 14.3. The third-order valence-electron chi connectivity index (χ3n) is 4.09. The van der Waals surface area contributed by atoms with Crippen LogP contribution < -0.4 is 10.9 Å². The smallest absolute Gasteiger partial charge is 0.251 e. The molecule has 0 saturated heterocycles. The van der Waals surface area contributed by atoms with Gasteiger partial charge in [0.2, 0.25) is 5.91 Å². The number of aromatic amines is 1. The fourth-order valence-electron chi connectivity index (χ4n) is 2.86. The highest BCUT2D eigenvalue weighted by molar-refractivity contribution is 5.83. The van der Waals surface area contributed by atoms with E-state index >= 15 is 0 Å². The summed E-state index contributed by atoms with van der Waals surface area (Å²) in [7, 11) is 0. The number of fused-ring (bicyclic) bond motifs is 1. The van der Waals surface area contributed by atoms with E-state index in [1.807, 2.05) is 19.9 Å². The zero-order valence-corrected chi connectivity index (χ0v) is 14.3. The van der Waals surface area contributed by atoms with E-state index < -0.39 is 0 Å². The summed E-state index contributed by atoms with van der Waals surface area (Å²) >= 11 is 0. The number of rotatable bonds is 7. The standard InChI is InChI=1S/C19H26N2O2/c1-4-5-6-9-20-17(22)8-7-15-12-16-11-13(2)10-14(3)18(16)21-19(15)23/h10-12H,4-9H2,1-3H3,(H,20,22)(H,21,23). The average molecular weight is 314 g/mol. The summed E-state index contributed by atoms with van der Waals surface area (Å²) in [6.45, 7) is 6.89. The first-order chi connectivity index (χ1) is 11.0. The lowest BCUT2D eigenvalue weighted by molar-refractivity contribution is -0.121. The number of aryl methyl sites for hydroxylation is 3. The molecule has 2 N–H and O–H groups in total. The lowest BCUT2D eigenvalue weighted by Gasteiger charge is -2.08. The molecule has 0 bridgehead atoms. The molecule has 2 rings (SSSR count).